The zero-order valence-corrected chi connectivity index (χ0v) is 13.8. The van der Waals surface area contributed by atoms with Gasteiger partial charge in [0.15, 0.2) is 0 Å². The van der Waals surface area contributed by atoms with Gasteiger partial charge in [-0.05, 0) is 28.8 Å². The fourth-order valence-corrected chi connectivity index (χ4v) is 2.89. The SMILES string of the molecule is COc1cccc(OC)c1-c1ccccc1C(O)c1ccccc1. The minimum atomic E-state index is -0.725. The largest absolute Gasteiger partial charge is 0.496 e. The van der Waals surface area contributed by atoms with Crippen LogP contribution in [0.3, 0.4) is 0 Å². The Morgan fingerprint density at radius 1 is 0.708 bits per heavy atom. The molecule has 0 heterocycles. The molecular weight excluding hydrogens is 300 g/mol. The molecule has 3 nitrogen and oxygen atoms in total. The first-order valence-electron chi connectivity index (χ1n) is 7.79. The minimum Gasteiger partial charge on any atom is -0.496 e. The van der Waals surface area contributed by atoms with E-state index in [0.717, 1.165) is 22.3 Å². The predicted molar refractivity (Wildman–Crippen MR) is 95.5 cm³/mol. The summed E-state index contributed by atoms with van der Waals surface area (Å²) in [5.74, 6) is 1.42. The lowest BCUT2D eigenvalue weighted by atomic mass is 9.92. The Bertz CT molecular complexity index is 790. The van der Waals surface area contributed by atoms with Gasteiger partial charge in [-0.15, -0.1) is 0 Å². The molecule has 0 aliphatic carbocycles. The molecule has 0 saturated heterocycles. The first-order chi connectivity index (χ1) is 11.8. The molecule has 0 aromatic heterocycles. The highest BCUT2D eigenvalue weighted by Crippen LogP contribution is 2.42. The van der Waals surface area contributed by atoms with Crippen LogP contribution in [-0.2, 0) is 0 Å². The number of ether oxygens (including phenoxy) is 2. The Balaban J connectivity index is 2.18. The van der Waals surface area contributed by atoms with Gasteiger partial charge < -0.3 is 14.6 Å². The molecular formula is C21H20O3. The van der Waals surface area contributed by atoms with Crippen LogP contribution in [0.5, 0.6) is 11.5 Å². The number of rotatable bonds is 5. The third-order valence-corrected chi connectivity index (χ3v) is 4.07. The average molecular weight is 320 g/mol. The lowest BCUT2D eigenvalue weighted by Gasteiger charge is -2.19. The lowest BCUT2D eigenvalue weighted by Crippen LogP contribution is -2.03. The van der Waals surface area contributed by atoms with E-state index in [9.17, 15) is 5.11 Å². The van der Waals surface area contributed by atoms with Crippen LogP contribution in [0, 0.1) is 0 Å². The van der Waals surface area contributed by atoms with Crippen molar-refractivity contribution in [3.05, 3.63) is 83.9 Å². The molecule has 0 aliphatic rings. The summed E-state index contributed by atoms with van der Waals surface area (Å²) >= 11 is 0. The summed E-state index contributed by atoms with van der Waals surface area (Å²) in [4.78, 5) is 0. The van der Waals surface area contributed by atoms with Gasteiger partial charge in [0, 0.05) is 0 Å². The summed E-state index contributed by atoms with van der Waals surface area (Å²) < 4.78 is 11.0. The molecule has 1 unspecified atom stereocenters. The molecule has 0 bridgehead atoms. The highest BCUT2D eigenvalue weighted by molar-refractivity contribution is 5.79. The first-order valence-corrected chi connectivity index (χ1v) is 7.79. The number of aliphatic hydroxyl groups is 1. The van der Waals surface area contributed by atoms with Gasteiger partial charge in [0.25, 0.3) is 0 Å². The number of hydrogen-bond donors (Lipinski definition) is 1. The van der Waals surface area contributed by atoms with Crippen molar-refractivity contribution in [1.29, 1.82) is 0 Å². The van der Waals surface area contributed by atoms with Crippen molar-refractivity contribution in [2.24, 2.45) is 0 Å². The molecule has 3 aromatic carbocycles. The fourth-order valence-electron chi connectivity index (χ4n) is 2.89. The van der Waals surface area contributed by atoms with Crippen LogP contribution in [0.4, 0.5) is 0 Å². The quantitative estimate of drug-likeness (QED) is 0.754. The van der Waals surface area contributed by atoms with E-state index in [-0.39, 0.29) is 0 Å². The molecule has 1 atom stereocenters. The van der Waals surface area contributed by atoms with E-state index in [4.69, 9.17) is 9.47 Å². The predicted octanol–water partition coefficient (Wildman–Crippen LogP) is 4.45. The van der Waals surface area contributed by atoms with E-state index in [2.05, 4.69) is 0 Å². The third-order valence-electron chi connectivity index (χ3n) is 4.07. The molecule has 0 radical (unpaired) electrons. The summed E-state index contributed by atoms with van der Waals surface area (Å²) in [5, 5.41) is 10.9. The molecule has 0 spiro atoms. The van der Waals surface area contributed by atoms with Crippen molar-refractivity contribution in [2.45, 2.75) is 6.10 Å². The maximum atomic E-state index is 10.9. The summed E-state index contributed by atoms with van der Waals surface area (Å²) in [6, 6.07) is 23.1. The normalized spacial score (nSPS) is 11.8. The smallest absolute Gasteiger partial charge is 0.130 e. The average Bonchev–Trinajstić information content (AvgIpc) is 2.67. The fraction of sp³-hybridized carbons (Fsp3) is 0.143. The summed E-state index contributed by atoms with van der Waals surface area (Å²) in [6.45, 7) is 0. The van der Waals surface area contributed by atoms with Crippen molar-refractivity contribution >= 4 is 0 Å². The summed E-state index contributed by atoms with van der Waals surface area (Å²) in [7, 11) is 3.27. The topological polar surface area (TPSA) is 38.7 Å². The molecule has 0 saturated carbocycles. The van der Waals surface area contributed by atoms with Gasteiger partial charge in [0.05, 0.1) is 19.8 Å². The second-order valence-corrected chi connectivity index (χ2v) is 5.44. The van der Waals surface area contributed by atoms with Crippen LogP contribution in [0.2, 0.25) is 0 Å². The Hall–Kier alpha value is -2.78. The number of methoxy groups -OCH3 is 2. The van der Waals surface area contributed by atoms with Gasteiger partial charge in [-0.25, -0.2) is 0 Å². The van der Waals surface area contributed by atoms with Gasteiger partial charge in [-0.2, -0.15) is 0 Å². The zero-order valence-electron chi connectivity index (χ0n) is 13.8. The Labute approximate surface area is 142 Å². The molecule has 0 fully saturated rings. The van der Waals surface area contributed by atoms with E-state index >= 15 is 0 Å². The maximum absolute atomic E-state index is 10.9. The maximum Gasteiger partial charge on any atom is 0.130 e. The molecule has 0 amide bonds. The van der Waals surface area contributed by atoms with Crippen LogP contribution >= 0.6 is 0 Å². The van der Waals surface area contributed by atoms with Crippen molar-refractivity contribution in [3.63, 3.8) is 0 Å². The second-order valence-electron chi connectivity index (χ2n) is 5.44. The van der Waals surface area contributed by atoms with Crippen LogP contribution < -0.4 is 9.47 Å². The van der Waals surface area contributed by atoms with E-state index in [0.29, 0.717) is 11.5 Å². The molecule has 122 valence electrons. The van der Waals surface area contributed by atoms with Crippen molar-refractivity contribution in [3.8, 4) is 22.6 Å². The molecule has 1 N–H and O–H groups in total. The van der Waals surface area contributed by atoms with E-state index in [1.165, 1.54) is 0 Å². The molecule has 3 aromatic rings. The van der Waals surface area contributed by atoms with Crippen LogP contribution in [0.25, 0.3) is 11.1 Å². The Morgan fingerprint density at radius 2 is 1.29 bits per heavy atom. The molecule has 3 rings (SSSR count). The third kappa shape index (κ3) is 2.99. The summed E-state index contributed by atoms with van der Waals surface area (Å²) in [5.41, 5.74) is 3.39. The minimum absolute atomic E-state index is 0.710. The van der Waals surface area contributed by atoms with E-state index < -0.39 is 6.10 Å². The number of aliphatic hydroxyl groups excluding tert-OH is 1. The van der Waals surface area contributed by atoms with E-state index in [1.54, 1.807) is 14.2 Å². The van der Waals surface area contributed by atoms with Crippen molar-refractivity contribution in [2.75, 3.05) is 14.2 Å². The zero-order chi connectivity index (χ0) is 16.9. The number of hydrogen-bond acceptors (Lipinski definition) is 3. The van der Waals surface area contributed by atoms with Crippen LogP contribution in [0.1, 0.15) is 17.2 Å². The number of benzene rings is 3. The van der Waals surface area contributed by atoms with Gasteiger partial charge in [0.2, 0.25) is 0 Å². The van der Waals surface area contributed by atoms with E-state index in [1.807, 2.05) is 72.8 Å². The van der Waals surface area contributed by atoms with Crippen molar-refractivity contribution in [1.82, 2.24) is 0 Å². The van der Waals surface area contributed by atoms with Crippen LogP contribution in [-0.4, -0.2) is 19.3 Å². The molecule has 0 aliphatic heterocycles. The summed E-state index contributed by atoms with van der Waals surface area (Å²) in [6.07, 6.45) is -0.725. The molecule has 3 heteroatoms. The van der Waals surface area contributed by atoms with Gasteiger partial charge in [-0.1, -0.05) is 60.7 Å². The Kier molecular flexibility index (Phi) is 4.82. The first kappa shape index (κ1) is 16.1. The highest BCUT2D eigenvalue weighted by Gasteiger charge is 2.20. The van der Waals surface area contributed by atoms with Gasteiger partial charge in [0.1, 0.15) is 17.6 Å². The van der Waals surface area contributed by atoms with Crippen LogP contribution in [0.15, 0.2) is 72.8 Å². The Morgan fingerprint density at radius 3 is 1.92 bits per heavy atom. The lowest BCUT2D eigenvalue weighted by molar-refractivity contribution is 0.221. The van der Waals surface area contributed by atoms with Gasteiger partial charge >= 0.3 is 0 Å². The monoisotopic (exact) mass is 320 g/mol. The molecule has 24 heavy (non-hydrogen) atoms. The second kappa shape index (κ2) is 7.20. The standard InChI is InChI=1S/C21H20O3/c1-23-18-13-8-14-19(24-2)20(18)16-11-6-7-12-17(16)21(22)15-9-4-3-5-10-15/h3-14,21-22H,1-2H3. The van der Waals surface area contributed by atoms with Gasteiger partial charge in [-0.3, -0.25) is 0 Å². The highest BCUT2D eigenvalue weighted by atomic mass is 16.5. The van der Waals surface area contributed by atoms with Crippen molar-refractivity contribution < 1.29 is 14.6 Å².